The molecule has 0 spiro atoms. The summed E-state index contributed by atoms with van der Waals surface area (Å²) in [5.74, 6) is -0.0141. The summed E-state index contributed by atoms with van der Waals surface area (Å²) in [7, 11) is 0. The van der Waals surface area contributed by atoms with Crippen molar-refractivity contribution in [3.8, 4) is 0 Å². The molecule has 2 aliphatic heterocycles. The number of hydrogen-bond acceptors (Lipinski definition) is 5. The zero-order chi connectivity index (χ0) is 19.4. The van der Waals surface area contributed by atoms with E-state index in [0.29, 0.717) is 25.6 Å². The minimum Gasteiger partial charge on any atom is -0.447 e. The van der Waals surface area contributed by atoms with Gasteiger partial charge in [0.15, 0.2) is 0 Å². The number of rotatable bonds is 5. The van der Waals surface area contributed by atoms with Crippen molar-refractivity contribution in [1.29, 1.82) is 0 Å². The molecule has 0 radical (unpaired) electrons. The zero-order valence-corrected chi connectivity index (χ0v) is 15.4. The van der Waals surface area contributed by atoms with Gasteiger partial charge in [0.25, 0.3) is 0 Å². The Morgan fingerprint density at radius 2 is 1.89 bits per heavy atom. The maximum Gasteiger partial charge on any atom is 0.414 e. The first-order chi connectivity index (χ1) is 13.0. The highest BCUT2D eigenvalue weighted by molar-refractivity contribution is 5.90. The number of nitrogens with zero attached hydrogens (tertiary/aromatic N) is 2. The van der Waals surface area contributed by atoms with Gasteiger partial charge in [0.05, 0.1) is 6.04 Å². The van der Waals surface area contributed by atoms with Crippen molar-refractivity contribution in [2.45, 2.75) is 31.7 Å². The van der Waals surface area contributed by atoms with Crippen molar-refractivity contribution in [2.75, 3.05) is 37.7 Å². The lowest BCUT2D eigenvalue weighted by atomic mass is 9.89. The summed E-state index contributed by atoms with van der Waals surface area (Å²) in [6.45, 7) is 2.88. The maximum absolute atomic E-state index is 12.1. The van der Waals surface area contributed by atoms with Crippen LogP contribution >= 0.6 is 0 Å². The summed E-state index contributed by atoms with van der Waals surface area (Å²) in [5, 5.41) is 11.7. The van der Waals surface area contributed by atoms with E-state index in [-0.39, 0.29) is 24.5 Å². The third kappa shape index (κ3) is 4.39. The standard InChI is InChI=1S/C19H25N3O5/c1-13(24)20-10-17-12-27-19(26)22(17)16-4-2-14(3-5-16)15-6-8-21(9-7-15)18(25)11-23/h2-5,15,17,23H,6-12H2,1H3,(H,20,24)/t17-/m0/s1. The van der Waals surface area contributed by atoms with Crippen molar-refractivity contribution in [3.05, 3.63) is 29.8 Å². The smallest absolute Gasteiger partial charge is 0.414 e. The van der Waals surface area contributed by atoms with Gasteiger partial charge in [-0.2, -0.15) is 0 Å². The van der Waals surface area contributed by atoms with Gasteiger partial charge in [0.2, 0.25) is 11.8 Å². The Balaban J connectivity index is 1.64. The Bertz CT molecular complexity index is 698. The van der Waals surface area contributed by atoms with Gasteiger partial charge < -0.3 is 20.1 Å². The second-order valence-electron chi connectivity index (χ2n) is 6.94. The Morgan fingerprint density at radius 1 is 1.22 bits per heavy atom. The first-order valence-electron chi connectivity index (χ1n) is 9.18. The van der Waals surface area contributed by atoms with Crippen LogP contribution in [-0.2, 0) is 14.3 Å². The molecule has 27 heavy (non-hydrogen) atoms. The summed E-state index contributed by atoms with van der Waals surface area (Å²) < 4.78 is 5.13. The maximum atomic E-state index is 12.1. The first kappa shape index (κ1) is 19.2. The van der Waals surface area contributed by atoms with E-state index in [0.717, 1.165) is 18.5 Å². The number of carbonyl (C=O) groups excluding carboxylic acids is 3. The SMILES string of the molecule is CC(=O)NC[C@H]1COC(=O)N1c1ccc(C2CCN(C(=O)CO)CC2)cc1. The fourth-order valence-electron chi connectivity index (χ4n) is 3.66. The largest absolute Gasteiger partial charge is 0.447 e. The van der Waals surface area contributed by atoms with E-state index in [1.807, 2.05) is 24.3 Å². The number of nitrogens with one attached hydrogen (secondary N) is 1. The lowest BCUT2D eigenvalue weighted by molar-refractivity contribution is -0.135. The fourth-order valence-corrected chi connectivity index (χ4v) is 3.66. The molecule has 2 heterocycles. The summed E-state index contributed by atoms with van der Waals surface area (Å²) in [6, 6.07) is 7.58. The number of amides is 3. The van der Waals surface area contributed by atoms with E-state index in [2.05, 4.69) is 5.32 Å². The van der Waals surface area contributed by atoms with Gasteiger partial charge in [-0.3, -0.25) is 14.5 Å². The number of aliphatic hydroxyl groups is 1. The lowest BCUT2D eigenvalue weighted by Gasteiger charge is -2.32. The Morgan fingerprint density at radius 3 is 2.48 bits per heavy atom. The topological polar surface area (TPSA) is 99.2 Å². The minimum absolute atomic E-state index is 0.143. The minimum atomic E-state index is -0.440. The number of ether oxygens (including phenoxy) is 1. The molecular weight excluding hydrogens is 350 g/mol. The van der Waals surface area contributed by atoms with E-state index in [1.165, 1.54) is 12.5 Å². The van der Waals surface area contributed by atoms with Crippen LogP contribution in [0, 0.1) is 0 Å². The molecule has 1 atom stereocenters. The van der Waals surface area contributed by atoms with Crippen molar-refractivity contribution in [1.82, 2.24) is 10.2 Å². The third-order valence-electron chi connectivity index (χ3n) is 5.17. The van der Waals surface area contributed by atoms with Gasteiger partial charge in [-0.1, -0.05) is 12.1 Å². The highest BCUT2D eigenvalue weighted by atomic mass is 16.6. The van der Waals surface area contributed by atoms with E-state index in [9.17, 15) is 14.4 Å². The van der Waals surface area contributed by atoms with Crippen LogP contribution in [0.3, 0.4) is 0 Å². The van der Waals surface area contributed by atoms with Gasteiger partial charge in [0.1, 0.15) is 13.2 Å². The van der Waals surface area contributed by atoms with Gasteiger partial charge >= 0.3 is 6.09 Å². The number of piperidine rings is 1. The molecule has 2 aliphatic rings. The second kappa shape index (κ2) is 8.39. The molecule has 0 saturated carbocycles. The highest BCUT2D eigenvalue weighted by Gasteiger charge is 2.34. The van der Waals surface area contributed by atoms with Crippen LogP contribution in [0.4, 0.5) is 10.5 Å². The van der Waals surface area contributed by atoms with Crippen LogP contribution in [0.1, 0.15) is 31.2 Å². The normalized spacial score (nSPS) is 20.5. The van der Waals surface area contributed by atoms with Crippen LogP contribution < -0.4 is 10.2 Å². The number of likely N-dealkylation sites (tertiary alicyclic amines) is 1. The summed E-state index contributed by atoms with van der Waals surface area (Å²) in [6.07, 6.45) is 1.29. The van der Waals surface area contributed by atoms with Crippen molar-refractivity contribution in [2.24, 2.45) is 0 Å². The van der Waals surface area contributed by atoms with E-state index in [4.69, 9.17) is 9.84 Å². The molecule has 1 aromatic rings. The van der Waals surface area contributed by atoms with Gasteiger partial charge in [-0.25, -0.2) is 4.79 Å². The number of benzene rings is 1. The predicted octanol–water partition coefficient (Wildman–Crippen LogP) is 0.846. The molecule has 1 aromatic carbocycles. The summed E-state index contributed by atoms with van der Waals surface area (Å²) in [4.78, 5) is 38.0. The van der Waals surface area contributed by atoms with Crippen LogP contribution in [0.25, 0.3) is 0 Å². The van der Waals surface area contributed by atoms with Crippen LogP contribution in [0.5, 0.6) is 0 Å². The number of carbonyl (C=O) groups is 3. The molecule has 3 amide bonds. The monoisotopic (exact) mass is 375 g/mol. The second-order valence-corrected chi connectivity index (χ2v) is 6.94. The Hall–Kier alpha value is -2.61. The zero-order valence-electron chi connectivity index (χ0n) is 15.4. The molecule has 0 aliphatic carbocycles. The van der Waals surface area contributed by atoms with Crippen LogP contribution in [0.15, 0.2) is 24.3 Å². The van der Waals surface area contributed by atoms with Gasteiger partial charge in [-0.05, 0) is 36.5 Å². The average molecular weight is 375 g/mol. The number of anilines is 1. The molecule has 0 bridgehead atoms. The van der Waals surface area contributed by atoms with Crippen LogP contribution in [-0.4, -0.2) is 66.8 Å². The predicted molar refractivity (Wildman–Crippen MR) is 98.4 cm³/mol. The lowest BCUT2D eigenvalue weighted by Crippen LogP contribution is -2.42. The third-order valence-corrected chi connectivity index (χ3v) is 5.17. The summed E-state index contributed by atoms with van der Waals surface area (Å²) >= 11 is 0. The molecule has 3 rings (SSSR count). The number of hydrogen-bond donors (Lipinski definition) is 2. The molecule has 0 aromatic heterocycles. The van der Waals surface area contributed by atoms with Crippen molar-refractivity contribution >= 4 is 23.6 Å². The molecule has 2 saturated heterocycles. The van der Waals surface area contributed by atoms with E-state index in [1.54, 1.807) is 9.80 Å². The van der Waals surface area contributed by atoms with Crippen molar-refractivity contribution < 1.29 is 24.2 Å². The molecule has 146 valence electrons. The molecule has 2 fully saturated rings. The van der Waals surface area contributed by atoms with Crippen LogP contribution in [0.2, 0.25) is 0 Å². The Labute approximate surface area is 158 Å². The molecular formula is C19H25N3O5. The van der Waals surface area contributed by atoms with Crippen molar-refractivity contribution in [3.63, 3.8) is 0 Å². The number of cyclic esters (lactones) is 1. The van der Waals surface area contributed by atoms with E-state index < -0.39 is 12.7 Å². The van der Waals surface area contributed by atoms with E-state index >= 15 is 0 Å². The fraction of sp³-hybridized carbons (Fsp3) is 0.526. The quantitative estimate of drug-likeness (QED) is 0.795. The molecule has 8 heteroatoms. The molecule has 8 nitrogen and oxygen atoms in total. The molecule has 0 unspecified atom stereocenters. The Kier molecular flexibility index (Phi) is 5.95. The number of aliphatic hydroxyl groups excluding tert-OH is 1. The van der Waals surface area contributed by atoms with Gasteiger partial charge in [0, 0.05) is 32.2 Å². The summed E-state index contributed by atoms with van der Waals surface area (Å²) in [5.41, 5.74) is 1.91. The first-order valence-corrected chi connectivity index (χ1v) is 9.18. The highest BCUT2D eigenvalue weighted by Crippen LogP contribution is 2.30. The average Bonchev–Trinajstić information content (AvgIpc) is 3.06. The molecule has 2 N–H and O–H groups in total. The van der Waals surface area contributed by atoms with Gasteiger partial charge in [-0.15, -0.1) is 0 Å².